The number of piperidine rings is 1. The zero-order valence-corrected chi connectivity index (χ0v) is 19.3. The highest BCUT2D eigenvalue weighted by atomic mass is 35.5. The van der Waals surface area contributed by atoms with Crippen molar-refractivity contribution < 1.29 is 19.2 Å². The molecule has 1 saturated heterocycles. The third-order valence-electron chi connectivity index (χ3n) is 6.89. The first kappa shape index (κ1) is 23.5. The molecule has 1 aliphatic heterocycles. The van der Waals surface area contributed by atoms with Crippen LogP contribution in [0.5, 0.6) is 0 Å². The number of ketones is 1. The Morgan fingerprint density at radius 3 is 2.67 bits per heavy atom. The maximum absolute atomic E-state index is 13.2. The molecule has 4 rings (SSSR count). The molecule has 0 bridgehead atoms. The highest BCUT2D eigenvalue weighted by molar-refractivity contribution is 6.30. The molecular formula is C25H30ClN3O4. The predicted molar refractivity (Wildman–Crippen MR) is 125 cm³/mol. The Balaban J connectivity index is 1.40. The molecule has 0 spiro atoms. The number of halogens is 1. The van der Waals surface area contributed by atoms with Crippen LogP contribution >= 0.6 is 11.6 Å². The number of rotatable bonds is 10. The molecule has 0 aromatic heterocycles. The predicted octanol–water partition coefficient (Wildman–Crippen LogP) is 2.54. The molecule has 8 heteroatoms. The van der Waals surface area contributed by atoms with E-state index in [1.54, 1.807) is 6.07 Å². The second-order valence-corrected chi connectivity index (χ2v) is 9.97. The molecule has 1 heterocycles. The molecule has 2 fully saturated rings. The van der Waals surface area contributed by atoms with Crippen LogP contribution in [-0.4, -0.2) is 36.1 Å². The number of nitrogens with two attached hydrogens (primary N) is 1. The summed E-state index contributed by atoms with van der Waals surface area (Å²) in [7, 11) is 0. The number of benzene rings is 1. The summed E-state index contributed by atoms with van der Waals surface area (Å²) in [4.78, 5) is 50.4. The summed E-state index contributed by atoms with van der Waals surface area (Å²) in [5.74, 6) is -1.77. The highest BCUT2D eigenvalue weighted by Crippen LogP contribution is 2.35. The monoisotopic (exact) mass is 471 g/mol. The number of nitrogens with one attached hydrogen (secondary N) is 2. The molecule has 4 N–H and O–H groups in total. The van der Waals surface area contributed by atoms with Gasteiger partial charge < -0.3 is 16.4 Å². The van der Waals surface area contributed by atoms with Crippen LogP contribution in [0, 0.1) is 17.8 Å². The lowest BCUT2D eigenvalue weighted by atomic mass is 9.84. The van der Waals surface area contributed by atoms with Gasteiger partial charge in [-0.3, -0.25) is 19.2 Å². The summed E-state index contributed by atoms with van der Waals surface area (Å²) in [5.41, 5.74) is 8.12. The van der Waals surface area contributed by atoms with Gasteiger partial charge in [0.05, 0.1) is 6.04 Å². The number of Topliss-reactive ketones (excluding diaryl/α,β-unsaturated/α-hetero) is 1. The molecule has 1 aromatic rings. The van der Waals surface area contributed by atoms with Gasteiger partial charge in [0.2, 0.25) is 17.7 Å². The lowest BCUT2D eigenvalue weighted by molar-refractivity contribution is -0.132. The van der Waals surface area contributed by atoms with Gasteiger partial charge in [-0.05, 0) is 60.9 Å². The van der Waals surface area contributed by atoms with E-state index in [1.165, 1.54) is 0 Å². The number of amides is 3. The Morgan fingerprint density at radius 1 is 1.18 bits per heavy atom. The van der Waals surface area contributed by atoms with E-state index in [0.717, 1.165) is 30.4 Å². The fourth-order valence-corrected chi connectivity index (χ4v) is 4.95. The molecule has 3 amide bonds. The minimum atomic E-state index is -0.720. The van der Waals surface area contributed by atoms with Crippen molar-refractivity contribution in [2.45, 2.75) is 57.4 Å². The van der Waals surface area contributed by atoms with E-state index < -0.39 is 17.9 Å². The van der Waals surface area contributed by atoms with Crippen LogP contribution in [0.2, 0.25) is 5.02 Å². The Labute approximate surface area is 198 Å². The number of fused-ring (bicyclic) bond motifs is 1. The van der Waals surface area contributed by atoms with Gasteiger partial charge in [-0.2, -0.15) is 0 Å². The van der Waals surface area contributed by atoms with Crippen LogP contribution in [-0.2, 0) is 25.6 Å². The second kappa shape index (κ2) is 10.1. The minimum absolute atomic E-state index is 0.0638. The van der Waals surface area contributed by atoms with Gasteiger partial charge in [0.25, 0.3) is 0 Å². The standard InChI is InChI=1S/C25H30ClN3O4/c26-20-6-5-15-9-19(11-17(15)12-20)25(33)29-21(8-14-3-4-14)22(30)13-18(23(27)31)10-16-2-1-7-28-24(16)32/h5-6,9,12,14,16,18,21H,1-4,7-8,10-11,13H2,(H2,27,31)(H,28,32)(H,29,33)/t16-,18+,21-/m0/s1. The highest BCUT2D eigenvalue weighted by Gasteiger charge is 2.35. The van der Waals surface area contributed by atoms with Crippen molar-refractivity contribution in [2.75, 3.05) is 6.54 Å². The fraction of sp³-hybridized carbons (Fsp3) is 0.520. The molecular weight excluding hydrogens is 442 g/mol. The van der Waals surface area contributed by atoms with Crippen molar-refractivity contribution in [3.8, 4) is 0 Å². The molecule has 0 radical (unpaired) electrons. The average molecular weight is 472 g/mol. The van der Waals surface area contributed by atoms with Crippen LogP contribution in [0.25, 0.3) is 6.08 Å². The van der Waals surface area contributed by atoms with Gasteiger partial charge in [-0.15, -0.1) is 0 Å². The molecule has 7 nitrogen and oxygen atoms in total. The second-order valence-electron chi connectivity index (χ2n) is 9.53. The molecule has 33 heavy (non-hydrogen) atoms. The molecule has 3 atom stereocenters. The lowest BCUT2D eigenvalue weighted by Gasteiger charge is -2.26. The summed E-state index contributed by atoms with van der Waals surface area (Å²) in [6.45, 7) is 0.636. The van der Waals surface area contributed by atoms with Gasteiger partial charge in [0, 0.05) is 41.8 Å². The van der Waals surface area contributed by atoms with Gasteiger partial charge >= 0.3 is 0 Å². The van der Waals surface area contributed by atoms with Crippen LogP contribution in [0.1, 0.15) is 56.1 Å². The average Bonchev–Trinajstić information content (AvgIpc) is 3.49. The first-order valence-corrected chi connectivity index (χ1v) is 12.1. The zero-order chi connectivity index (χ0) is 23.5. The number of hydrogen-bond donors (Lipinski definition) is 3. The van der Waals surface area contributed by atoms with Crippen molar-refractivity contribution in [1.29, 1.82) is 0 Å². The zero-order valence-electron chi connectivity index (χ0n) is 18.6. The van der Waals surface area contributed by atoms with Crippen molar-refractivity contribution in [3.63, 3.8) is 0 Å². The molecule has 3 aliphatic rings. The summed E-state index contributed by atoms with van der Waals surface area (Å²) in [6.07, 6.45) is 6.65. The van der Waals surface area contributed by atoms with Crippen molar-refractivity contribution in [2.24, 2.45) is 23.5 Å². The van der Waals surface area contributed by atoms with Crippen molar-refractivity contribution >= 4 is 41.2 Å². The maximum atomic E-state index is 13.2. The van der Waals surface area contributed by atoms with Gasteiger partial charge in [0.15, 0.2) is 5.78 Å². The number of hydrogen-bond acceptors (Lipinski definition) is 4. The maximum Gasteiger partial charge on any atom is 0.248 e. The third-order valence-corrected chi connectivity index (χ3v) is 7.12. The minimum Gasteiger partial charge on any atom is -0.369 e. The van der Waals surface area contributed by atoms with Crippen molar-refractivity contribution in [3.05, 3.63) is 39.9 Å². The SMILES string of the molecule is NC(=O)[C@@H](CC(=O)[C@H](CC1CC1)NC(=O)C1=Cc2ccc(Cl)cc2C1)C[C@@H]1CCCNC1=O. The number of carbonyl (C=O) groups is 4. The van der Waals surface area contributed by atoms with Crippen molar-refractivity contribution in [1.82, 2.24) is 10.6 Å². The first-order valence-electron chi connectivity index (χ1n) is 11.7. The third kappa shape index (κ3) is 6.02. The summed E-state index contributed by atoms with van der Waals surface area (Å²) in [6, 6.07) is 4.84. The summed E-state index contributed by atoms with van der Waals surface area (Å²) in [5, 5.41) is 6.34. The topological polar surface area (TPSA) is 118 Å². The molecule has 2 aliphatic carbocycles. The Hall–Kier alpha value is -2.67. The van der Waals surface area contributed by atoms with E-state index in [9.17, 15) is 19.2 Å². The molecule has 0 unspecified atom stereocenters. The van der Waals surface area contributed by atoms with Gasteiger partial charge in [0.1, 0.15) is 0 Å². The molecule has 176 valence electrons. The van der Waals surface area contributed by atoms with Gasteiger partial charge in [-0.25, -0.2) is 0 Å². The van der Waals surface area contributed by atoms with Crippen LogP contribution < -0.4 is 16.4 Å². The van der Waals surface area contributed by atoms with Crippen LogP contribution in [0.3, 0.4) is 0 Å². The van der Waals surface area contributed by atoms with E-state index in [4.69, 9.17) is 17.3 Å². The number of carbonyl (C=O) groups excluding carboxylic acids is 4. The smallest absolute Gasteiger partial charge is 0.248 e. The molecule has 1 saturated carbocycles. The van der Waals surface area contributed by atoms with E-state index in [-0.39, 0.29) is 36.4 Å². The summed E-state index contributed by atoms with van der Waals surface area (Å²) < 4.78 is 0. The van der Waals surface area contributed by atoms with E-state index in [2.05, 4.69) is 10.6 Å². The summed E-state index contributed by atoms with van der Waals surface area (Å²) >= 11 is 6.06. The Morgan fingerprint density at radius 2 is 1.97 bits per heavy atom. The Kier molecular flexibility index (Phi) is 7.17. The van der Waals surface area contributed by atoms with Crippen LogP contribution in [0.15, 0.2) is 23.8 Å². The van der Waals surface area contributed by atoms with E-state index >= 15 is 0 Å². The van der Waals surface area contributed by atoms with Crippen LogP contribution in [0.4, 0.5) is 0 Å². The quantitative estimate of drug-likeness (QED) is 0.485. The normalized spacial score (nSPS) is 21.4. The lowest BCUT2D eigenvalue weighted by Crippen LogP contribution is -2.44. The fourth-order valence-electron chi connectivity index (χ4n) is 4.76. The van der Waals surface area contributed by atoms with E-state index in [1.807, 2.05) is 18.2 Å². The van der Waals surface area contributed by atoms with Gasteiger partial charge in [-0.1, -0.05) is 30.5 Å². The van der Waals surface area contributed by atoms with E-state index in [0.29, 0.717) is 42.3 Å². The Bertz CT molecular complexity index is 1000. The molecule has 1 aromatic carbocycles. The first-order chi connectivity index (χ1) is 15.8. The number of primary amides is 1. The largest absolute Gasteiger partial charge is 0.369 e.